The van der Waals surface area contributed by atoms with E-state index in [2.05, 4.69) is 10.00 Å². The molecule has 3 heterocycles. The average Bonchev–Trinajstić information content (AvgIpc) is 3.09. The van der Waals surface area contributed by atoms with Crippen LogP contribution in [-0.4, -0.2) is 45.5 Å². The third-order valence-corrected chi connectivity index (χ3v) is 5.59. The molecule has 1 aliphatic heterocycles. The maximum absolute atomic E-state index is 12.0. The molecule has 0 radical (unpaired) electrons. The quantitative estimate of drug-likeness (QED) is 0.785. The third-order valence-electron chi connectivity index (χ3n) is 5.59. The van der Waals surface area contributed by atoms with E-state index in [4.69, 9.17) is 9.72 Å². The van der Waals surface area contributed by atoms with Gasteiger partial charge in [0.25, 0.3) is 0 Å². The molecule has 2 aromatic rings. The second-order valence-corrected chi connectivity index (χ2v) is 7.42. The molecule has 2 aliphatic rings. The molecule has 0 amide bonds. The van der Waals surface area contributed by atoms with Crippen LogP contribution in [0, 0.1) is 11.8 Å². The Kier molecular flexibility index (Phi) is 4.63. The molecule has 1 saturated carbocycles. The second-order valence-electron chi connectivity index (χ2n) is 7.42. The van der Waals surface area contributed by atoms with Crippen molar-refractivity contribution in [2.24, 2.45) is 18.9 Å². The summed E-state index contributed by atoms with van der Waals surface area (Å²) >= 11 is 0. The zero-order valence-corrected chi connectivity index (χ0v) is 16.1. The number of pyridine rings is 1. The van der Waals surface area contributed by atoms with E-state index < -0.39 is 12.1 Å². The lowest BCUT2D eigenvalue weighted by Gasteiger charge is -2.21. The van der Waals surface area contributed by atoms with Crippen molar-refractivity contribution in [3.8, 4) is 0 Å². The highest BCUT2D eigenvalue weighted by Crippen LogP contribution is 2.46. The van der Waals surface area contributed by atoms with Gasteiger partial charge in [-0.3, -0.25) is 4.68 Å². The molecule has 7 heteroatoms. The summed E-state index contributed by atoms with van der Waals surface area (Å²) in [6, 6.07) is 5.51. The summed E-state index contributed by atoms with van der Waals surface area (Å²) in [6.45, 7) is 6.27. The van der Waals surface area contributed by atoms with Gasteiger partial charge in [-0.2, -0.15) is 5.10 Å². The van der Waals surface area contributed by atoms with E-state index in [0.717, 1.165) is 48.4 Å². The molecule has 3 unspecified atom stereocenters. The Labute approximate surface area is 159 Å². The number of anilines is 1. The molecule has 1 aliphatic carbocycles. The van der Waals surface area contributed by atoms with Crippen LogP contribution < -0.4 is 4.90 Å². The van der Waals surface area contributed by atoms with Crippen LogP contribution in [0.4, 0.5) is 5.82 Å². The van der Waals surface area contributed by atoms with Gasteiger partial charge in [0, 0.05) is 31.4 Å². The minimum absolute atomic E-state index is 0.297. The van der Waals surface area contributed by atoms with Crippen LogP contribution in [0.5, 0.6) is 0 Å². The smallest absolute Gasteiger partial charge is 0.356 e. The fourth-order valence-corrected chi connectivity index (χ4v) is 3.97. The maximum atomic E-state index is 12.0. The molecule has 4 rings (SSSR count). The molecule has 2 fully saturated rings. The van der Waals surface area contributed by atoms with Gasteiger partial charge < -0.3 is 14.7 Å². The zero-order valence-electron chi connectivity index (χ0n) is 16.1. The van der Waals surface area contributed by atoms with E-state index in [1.807, 2.05) is 19.1 Å². The number of carbonyl (C=O) groups is 1. The van der Waals surface area contributed by atoms with E-state index >= 15 is 0 Å². The fourth-order valence-electron chi connectivity index (χ4n) is 3.97. The number of piperidine rings is 1. The van der Waals surface area contributed by atoms with Crippen molar-refractivity contribution in [2.45, 2.75) is 32.8 Å². The minimum Gasteiger partial charge on any atom is -0.461 e. The number of nitrogens with zero attached hydrogens (tertiary/aromatic N) is 4. The number of carbonyl (C=O) groups excluding carboxylic acids is 1. The number of esters is 1. The van der Waals surface area contributed by atoms with Crippen LogP contribution in [0.25, 0.3) is 0 Å². The molecule has 1 saturated heterocycles. The summed E-state index contributed by atoms with van der Waals surface area (Å²) < 4.78 is 6.48. The Balaban J connectivity index is 1.58. The van der Waals surface area contributed by atoms with E-state index in [1.54, 1.807) is 20.0 Å². The number of aliphatic hydroxyl groups excluding tert-OH is 1. The predicted molar refractivity (Wildman–Crippen MR) is 101 cm³/mol. The highest BCUT2D eigenvalue weighted by Gasteiger charge is 2.45. The first-order valence-corrected chi connectivity index (χ1v) is 9.65. The zero-order chi connectivity index (χ0) is 19.1. The number of aryl methyl sites for hydroxylation is 2. The average molecular weight is 370 g/mol. The van der Waals surface area contributed by atoms with Crippen molar-refractivity contribution >= 4 is 11.8 Å². The first kappa shape index (κ1) is 18.0. The Morgan fingerprint density at radius 3 is 2.74 bits per heavy atom. The fraction of sp³-hybridized carbons (Fsp3) is 0.550. The van der Waals surface area contributed by atoms with Gasteiger partial charge in [-0.1, -0.05) is 13.0 Å². The Morgan fingerprint density at radius 1 is 1.33 bits per heavy atom. The van der Waals surface area contributed by atoms with Gasteiger partial charge >= 0.3 is 5.97 Å². The van der Waals surface area contributed by atoms with Gasteiger partial charge in [0.1, 0.15) is 17.6 Å². The van der Waals surface area contributed by atoms with Crippen LogP contribution in [-0.2, 0) is 18.2 Å². The molecular weight excluding hydrogens is 344 g/mol. The lowest BCUT2D eigenvalue weighted by Crippen LogP contribution is -2.23. The van der Waals surface area contributed by atoms with Crippen LogP contribution in [0.3, 0.4) is 0 Å². The largest absolute Gasteiger partial charge is 0.461 e. The molecule has 0 spiro atoms. The van der Waals surface area contributed by atoms with E-state index in [0.29, 0.717) is 18.0 Å². The Morgan fingerprint density at radius 2 is 2.07 bits per heavy atom. The SMILES string of the molecule is CCOC(=O)c1cc(C(O)c2ccc(N3CC4CC4C3)nc2CC)nn1C. The van der Waals surface area contributed by atoms with Gasteiger partial charge in [-0.25, -0.2) is 9.78 Å². The van der Waals surface area contributed by atoms with Gasteiger partial charge in [-0.05, 0) is 43.7 Å². The number of hydrogen-bond acceptors (Lipinski definition) is 6. The van der Waals surface area contributed by atoms with E-state index in [-0.39, 0.29) is 0 Å². The molecular formula is C20H26N4O3. The molecule has 1 N–H and O–H groups in total. The van der Waals surface area contributed by atoms with Crippen molar-refractivity contribution < 1.29 is 14.6 Å². The molecule has 7 nitrogen and oxygen atoms in total. The van der Waals surface area contributed by atoms with Crippen LogP contribution in [0.15, 0.2) is 18.2 Å². The molecule has 2 aromatic heterocycles. The number of aromatic nitrogens is 3. The number of ether oxygens (including phenoxy) is 1. The number of rotatable bonds is 6. The lowest BCUT2D eigenvalue weighted by molar-refractivity contribution is 0.0513. The van der Waals surface area contributed by atoms with Gasteiger partial charge in [0.2, 0.25) is 0 Å². The van der Waals surface area contributed by atoms with E-state index in [9.17, 15) is 9.90 Å². The van der Waals surface area contributed by atoms with E-state index in [1.165, 1.54) is 11.1 Å². The third kappa shape index (κ3) is 3.32. The van der Waals surface area contributed by atoms with Crippen LogP contribution >= 0.6 is 0 Å². The topological polar surface area (TPSA) is 80.5 Å². The van der Waals surface area contributed by atoms with Crippen molar-refractivity contribution in [1.82, 2.24) is 14.8 Å². The van der Waals surface area contributed by atoms with Crippen molar-refractivity contribution in [1.29, 1.82) is 0 Å². The first-order valence-electron chi connectivity index (χ1n) is 9.65. The minimum atomic E-state index is -0.928. The monoisotopic (exact) mass is 370 g/mol. The maximum Gasteiger partial charge on any atom is 0.356 e. The number of hydrogen-bond donors (Lipinski definition) is 1. The Hall–Kier alpha value is -2.41. The summed E-state index contributed by atoms with van der Waals surface area (Å²) in [5, 5.41) is 15.2. The molecule has 27 heavy (non-hydrogen) atoms. The van der Waals surface area contributed by atoms with Crippen LogP contribution in [0.1, 0.15) is 53.8 Å². The summed E-state index contributed by atoms with van der Waals surface area (Å²) in [4.78, 5) is 19.1. The highest BCUT2D eigenvalue weighted by atomic mass is 16.5. The number of aliphatic hydroxyl groups is 1. The summed E-state index contributed by atoms with van der Waals surface area (Å²) in [6.07, 6.45) is 1.15. The summed E-state index contributed by atoms with van der Waals surface area (Å²) in [7, 11) is 1.67. The first-order chi connectivity index (χ1) is 13.0. The predicted octanol–water partition coefficient (Wildman–Crippen LogP) is 2.09. The molecule has 144 valence electrons. The second kappa shape index (κ2) is 6.96. The standard InChI is InChI=1S/C20H26N4O3/c1-4-15-14(6-7-18(21-15)24-10-12-8-13(12)11-24)19(25)16-9-17(23(3)22-16)20(26)27-5-2/h6-7,9,12-13,19,25H,4-5,8,10-11H2,1-3H3. The number of fused-ring (bicyclic) bond motifs is 1. The molecule has 3 atom stereocenters. The molecule has 0 bridgehead atoms. The Bertz CT molecular complexity index is 853. The van der Waals surface area contributed by atoms with Crippen LogP contribution in [0.2, 0.25) is 0 Å². The highest BCUT2D eigenvalue weighted by molar-refractivity contribution is 5.87. The summed E-state index contributed by atoms with van der Waals surface area (Å²) in [5.41, 5.74) is 2.35. The van der Waals surface area contributed by atoms with Crippen molar-refractivity contribution in [3.05, 3.63) is 40.8 Å². The lowest BCUT2D eigenvalue weighted by atomic mass is 10.0. The van der Waals surface area contributed by atoms with Crippen molar-refractivity contribution in [3.63, 3.8) is 0 Å². The van der Waals surface area contributed by atoms with Gasteiger partial charge in [0.15, 0.2) is 0 Å². The molecule has 0 aromatic carbocycles. The van der Waals surface area contributed by atoms with Crippen molar-refractivity contribution in [2.75, 3.05) is 24.6 Å². The van der Waals surface area contributed by atoms with Gasteiger partial charge in [0.05, 0.1) is 12.3 Å². The normalized spacial score (nSPS) is 21.9. The summed E-state index contributed by atoms with van der Waals surface area (Å²) in [5.74, 6) is 2.24. The van der Waals surface area contributed by atoms with Gasteiger partial charge in [-0.15, -0.1) is 0 Å².